The average molecular weight is 429 g/mol. The maximum absolute atomic E-state index is 2.47. The number of rotatable bonds is 2. The predicted molar refractivity (Wildman–Crippen MR) is 145 cm³/mol. The fraction of sp³-hybridized carbons (Fsp3) is 0.161. The van der Waals surface area contributed by atoms with Gasteiger partial charge in [-0.2, -0.15) is 0 Å². The molecule has 0 atom stereocenters. The molecule has 1 heterocycles. The number of benzene rings is 5. The van der Waals surface area contributed by atoms with Crippen LogP contribution in [0.25, 0.3) is 38.4 Å². The van der Waals surface area contributed by atoms with Gasteiger partial charge in [-0.25, -0.2) is 0 Å². The summed E-state index contributed by atoms with van der Waals surface area (Å²) in [6.45, 7) is 8.75. The molecule has 162 valence electrons. The number of fused-ring (bicyclic) bond motifs is 1. The van der Waals surface area contributed by atoms with Gasteiger partial charge in [0.1, 0.15) is 0 Å². The highest BCUT2D eigenvalue weighted by Gasteiger charge is 2.28. The molecule has 0 radical (unpaired) electrons. The first kappa shape index (κ1) is 19.9. The molecule has 0 aliphatic carbocycles. The highest BCUT2D eigenvalue weighted by Crippen LogP contribution is 2.48. The fourth-order valence-corrected chi connectivity index (χ4v) is 5.59. The Morgan fingerprint density at radius 2 is 1.33 bits per heavy atom. The van der Waals surface area contributed by atoms with E-state index >= 15 is 0 Å². The summed E-state index contributed by atoms with van der Waals surface area (Å²) in [6, 6.07) is 24.8. The number of aryl methyl sites for hydroxylation is 1. The second-order valence-corrected chi connectivity index (χ2v) is 9.17. The first-order valence-corrected chi connectivity index (χ1v) is 11.7. The normalized spacial score (nSPS) is 14.5. The molecule has 0 bridgehead atoms. The Balaban J connectivity index is 1.74. The summed E-state index contributed by atoms with van der Waals surface area (Å²) >= 11 is 0. The van der Waals surface area contributed by atoms with E-state index in [4.69, 9.17) is 0 Å². The molecule has 0 fully saturated rings. The zero-order chi connectivity index (χ0) is 22.9. The van der Waals surface area contributed by atoms with Gasteiger partial charge < -0.3 is 9.80 Å². The lowest BCUT2D eigenvalue weighted by Crippen LogP contribution is -2.30. The molecule has 5 aromatic rings. The SMILES string of the molecule is CC=Cc1ccc2ccc3c(N4C(C)=C(C)N(C)c5cccc(C)c54)ccc4ccc1c2c43. The summed E-state index contributed by atoms with van der Waals surface area (Å²) in [4.78, 5) is 4.78. The molecule has 1 aliphatic heterocycles. The van der Waals surface area contributed by atoms with Crippen molar-refractivity contribution in [3.05, 3.63) is 95.3 Å². The minimum absolute atomic E-state index is 1.24. The molecule has 0 amide bonds. The van der Waals surface area contributed by atoms with E-state index in [1.807, 2.05) is 0 Å². The second-order valence-electron chi connectivity index (χ2n) is 9.17. The molecular formula is C31H28N2. The van der Waals surface area contributed by atoms with Crippen molar-refractivity contribution >= 4 is 55.5 Å². The van der Waals surface area contributed by atoms with Crippen LogP contribution < -0.4 is 9.80 Å². The van der Waals surface area contributed by atoms with Crippen molar-refractivity contribution < 1.29 is 0 Å². The van der Waals surface area contributed by atoms with Crippen LogP contribution >= 0.6 is 0 Å². The average Bonchev–Trinajstić information content (AvgIpc) is 2.83. The molecule has 0 saturated heterocycles. The number of allylic oxidation sites excluding steroid dienone is 3. The van der Waals surface area contributed by atoms with E-state index in [9.17, 15) is 0 Å². The third-order valence-electron chi connectivity index (χ3n) is 7.43. The molecule has 1 aliphatic rings. The molecular weight excluding hydrogens is 400 g/mol. The maximum atomic E-state index is 2.47. The van der Waals surface area contributed by atoms with E-state index in [2.05, 4.69) is 123 Å². The quantitative estimate of drug-likeness (QED) is 0.259. The predicted octanol–water partition coefficient (Wildman–Crippen LogP) is 8.76. The first-order valence-electron chi connectivity index (χ1n) is 11.7. The maximum Gasteiger partial charge on any atom is 0.0725 e. The Morgan fingerprint density at radius 1 is 0.667 bits per heavy atom. The van der Waals surface area contributed by atoms with Crippen molar-refractivity contribution in [2.45, 2.75) is 27.7 Å². The van der Waals surface area contributed by atoms with Gasteiger partial charge in [0.15, 0.2) is 0 Å². The van der Waals surface area contributed by atoms with Crippen LogP contribution in [0.3, 0.4) is 0 Å². The van der Waals surface area contributed by atoms with Crippen molar-refractivity contribution in [3.63, 3.8) is 0 Å². The first-order chi connectivity index (χ1) is 16.0. The van der Waals surface area contributed by atoms with Gasteiger partial charge in [-0.3, -0.25) is 0 Å². The smallest absolute Gasteiger partial charge is 0.0725 e. The van der Waals surface area contributed by atoms with Crippen LogP contribution in [0.1, 0.15) is 31.9 Å². The Kier molecular flexibility index (Phi) is 4.28. The molecule has 0 spiro atoms. The summed E-state index contributed by atoms with van der Waals surface area (Å²) < 4.78 is 0. The Bertz CT molecular complexity index is 1620. The minimum Gasteiger partial charge on any atom is -0.345 e. The lowest BCUT2D eigenvalue weighted by atomic mass is 9.90. The lowest BCUT2D eigenvalue weighted by Gasteiger charge is -2.40. The molecule has 6 rings (SSSR count). The number of para-hydroxylation sites is 1. The topological polar surface area (TPSA) is 6.48 Å². The molecule has 0 saturated carbocycles. The highest BCUT2D eigenvalue weighted by molar-refractivity contribution is 6.26. The zero-order valence-corrected chi connectivity index (χ0v) is 19.9. The molecule has 0 N–H and O–H groups in total. The molecule has 0 aromatic heterocycles. The van der Waals surface area contributed by atoms with E-state index < -0.39 is 0 Å². The van der Waals surface area contributed by atoms with Crippen LogP contribution in [0.4, 0.5) is 17.1 Å². The van der Waals surface area contributed by atoms with Crippen molar-refractivity contribution in [1.29, 1.82) is 0 Å². The van der Waals surface area contributed by atoms with E-state index in [0.717, 1.165) is 0 Å². The van der Waals surface area contributed by atoms with Crippen molar-refractivity contribution in [3.8, 4) is 0 Å². The van der Waals surface area contributed by atoms with Gasteiger partial charge in [0, 0.05) is 23.8 Å². The Labute approximate surface area is 195 Å². The van der Waals surface area contributed by atoms with E-state index in [-0.39, 0.29) is 0 Å². The number of anilines is 3. The summed E-state index contributed by atoms with van der Waals surface area (Å²) in [7, 11) is 2.17. The van der Waals surface area contributed by atoms with Crippen LogP contribution in [0, 0.1) is 6.92 Å². The van der Waals surface area contributed by atoms with Gasteiger partial charge in [0.05, 0.1) is 17.1 Å². The molecule has 5 aromatic carbocycles. The van der Waals surface area contributed by atoms with Gasteiger partial charge in [0.25, 0.3) is 0 Å². The summed E-state index contributed by atoms with van der Waals surface area (Å²) in [5, 5.41) is 7.93. The number of hydrogen-bond donors (Lipinski definition) is 0. The van der Waals surface area contributed by atoms with Crippen LogP contribution in [0.5, 0.6) is 0 Å². The second kappa shape index (κ2) is 7.11. The lowest BCUT2D eigenvalue weighted by molar-refractivity contribution is 0.966. The van der Waals surface area contributed by atoms with Gasteiger partial charge in [-0.15, -0.1) is 0 Å². The van der Waals surface area contributed by atoms with Gasteiger partial charge in [0.2, 0.25) is 0 Å². The van der Waals surface area contributed by atoms with Gasteiger partial charge in [-0.1, -0.05) is 66.7 Å². The number of nitrogens with zero attached hydrogens (tertiary/aromatic N) is 2. The minimum atomic E-state index is 1.24. The van der Waals surface area contributed by atoms with Crippen LogP contribution in [0.2, 0.25) is 0 Å². The Morgan fingerprint density at radius 3 is 2.09 bits per heavy atom. The number of hydrogen-bond acceptors (Lipinski definition) is 2. The standard InChI is InChI=1S/C31H28N2/c1-6-8-22-11-12-23-14-17-26-27(18-15-24-13-16-25(22)29(23)30(24)26)33-21(4)20(3)32(5)28-10-7-9-19(2)31(28)33/h6-18H,1-5H3. The van der Waals surface area contributed by atoms with Crippen LogP contribution in [0.15, 0.2) is 84.2 Å². The summed E-state index contributed by atoms with van der Waals surface area (Å²) in [5.41, 5.74) is 8.86. The van der Waals surface area contributed by atoms with Gasteiger partial charge in [-0.05, 0) is 77.9 Å². The summed E-state index contributed by atoms with van der Waals surface area (Å²) in [5.74, 6) is 0. The largest absolute Gasteiger partial charge is 0.345 e. The third-order valence-corrected chi connectivity index (χ3v) is 7.43. The van der Waals surface area contributed by atoms with Crippen LogP contribution in [-0.2, 0) is 0 Å². The molecule has 2 nitrogen and oxygen atoms in total. The third kappa shape index (κ3) is 2.67. The van der Waals surface area contributed by atoms with E-state index in [0.29, 0.717) is 0 Å². The van der Waals surface area contributed by atoms with Crippen molar-refractivity contribution in [2.24, 2.45) is 0 Å². The van der Waals surface area contributed by atoms with Crippen molar-refractivity contribution in [2.75, 3.05) is 16.8 Å². The summed E-state index contributed by atoms with van der Waals surface area (Å²) in [6.07, 6.45) is 4.33. The zero-order valence-electron chi connectivity index (χ0n) is 19.9. The van der Waals surface area contributed by atoms with Gasteiger partial charge >= 0.3 is 0 Å². The van der Waals surface area contributed by atoms with Crippen molar-refractivity contribution in [1.82, 2.24) is 0 Å². The molecule has 0 unspecified atom stereocenters. The highest BCUT2D eigenvalue weighted by atomic mass is 15.3. The van der Waals surface area contributed by atoms with Crippen LogP contribution in [-0.4, -0.2) is 7.05 Å². The monoisotopic (exact) mass is 428 g/mol. The molecule has 33 heavy (non-hydrogen) atoms. The Hall–Kier alpha value is -3.78. The molecule has 2 heteroatoms. The van der Waals surface area contributed by atoms with E-state index in [1.54, 1.807) is 0 Å². The van der Waals surface area contributed by atoms with E-state index in [1.165, 1.54) is 71.9 Å². The fourth-order valence-electron chi connectivity index (χ4n) is 5.59.